The van der Waals surface area contributed by atoms with Gasteiger partial charge in [-0.1, -0.05) is 12.1 Å². The fourth-order valence-electron chi connectivity index (χ4n) is 1.82. The van der Waals surface area contributed by atoms with E-state index in [0.29, 0.717) is 6.07 Å². The molecule has 0 fully saturated rings. The van der Waals surface area contributed by atoms with Gasteiger partial charge in [0.05, 0.1) is 5.56 Å². The molecule has 0 aliphatic rings. The van der Waals surface area contributed by atoms with Crippen LogP contribution in [-0.4, -0.2) is 5.78 Å². The number of benzene rings is 2. The molecule has 0 heterocycles. The van der Waals surface area contributed by atoms with E-state index in [1.807, 2.05) is 0 Å². The molecule has 21 heavy (non-hydrogen) atoms. The van der Waals surface area contributed by atoms with Crippen LogP contribution in [0.5, 0.6) is 0 Å². The van der Waals surface area contributed by atoms with Crippen molar-refractivity contribution in [2.75, 3.05) is 0 Å². The lowest BCUT2D eigenvalue weighted by Gasteiger charge is -2.08. The molecule has 0 radical (unpaired) electrons. The summed E-state index contributed by atoms with van der Waals surface area (Å²) >= 11 is 0. The van der Waals surface area contributed by atoms with Gasteiger partial charge in [-0.2, -0.15) is 13.2 Å². The lowest BCUT2D eigenvalue weighted by atomic mass is 10.0. The SMILES string of the molecule is O=C(Cc1cc(F)ccc1F)c1cccc(C(F)(F)F)c1. The minimum Gasteiger partial charge on any atom is -0.294 e. The molecular formula is C15H9F5O. The summed E-state index contributed by atoms with van der Waals surface area (Å²) in [6.45, 7) is 0. The highest BCUT2D eigenvalue weighted by atomic mass is 19.4. The molecule has 6 heteroatoms. The first-order valence-corrected chi connectivity index (χ1v) is 5.92. The molecule has 0 unspecified atom stereocenters. The Labute approximate surface area is 117 Å². The van der Waals surface area contributed by atoms with Crippen LogP contribution in [0.1, 0.15) is 21.5 Å². The van der Waals surface area contributed by atoms with Gasteiger partial charge < -0.3 is 0 Å². The van der Waals surface area contributed by atoms with Crippen molar-refractivity contribution in [1.29, 1.82) is 0 Å². The summed E-state index contributed by atoms with van der Waals surface area (Å²) in [5, 5.41) is 0. The molecule has 0 N–H and O–H groups in total. The zero-order valence-corrected chi connectivity index (χ0v) is 10.5. The molecule has 1 nitrogen and oxygen atoms in total. The van der Waals surface area contributed by atoms with Gasteiger partial charge in [0, 0.05) is 12.0 Å². The van der Waals surface area contributed by atoms with Gasteiger partial charge >= 0.3 is 6.18 Å². The average molecular weight is 300 g/mol. The van der Waals surface area contributed by atoms with Gasteiger partial charge in [0.1, 0.15) is 11.6 Å². The van der Waals surface area contributed by atoms with Gasteiger partial charge in [-0.3, -0.25) is 4.79 Å². The number of halogens is 5. The van der Waals surface area contributed by atoms with Crippen LogP contribution in [0.2, 0.25) is 0 Å². The van der Waals surface area contributed by atoms with Crippen LogP contribution >= 0.6 is 0 Å². The highest BCUT2D eigenvalue weighted by Gasteiger charge is 2.30. The summed E-state index contributed by atoms with van der Waals surface area (Å²) in [6.07, 6.45) is -5.08. The first-order valence-electron chi connectivity index (χ1n) is 5.92. The Morgan fingerprint density at radius 3 is 2.38 bits per heavy atom. The molecule has 0 aliphatic heterocycles. The second kappa shape index (κ2) is 5.63. The molecule has 0 aromatic heterocycles. The van der Waals surface area contributed by atoms with E-state index in [1.54, 1.807) is 0 Å². The van der Waals surface area contributed by atoms with Crippen molar-refractivity contribution in [3.8, 4) is 0 Å². The van der Waals surface area contributed by atoms with E-state index in [0.717, 1.165) is 30.3 Å². The van der Waals surface area contributed by atoms with Crippen LogP contribution in [0.15, 0.2) is 42.5 Å². The third-order valence-electron chi connectivity index (χ3n) is 2.87. The topological polar surface area (TPSA) is 17.1 Å². The maximum atomic E-state index is 13.4. The van der Waals surface area contributed by atoms with Crippen LogP contribution < -0.4 is 0 Å². The molecule has 0 saturated heterocycles. The standard InChI is InChI=1S/C15H9F5O/c16-12-4-5-13(17)10(7-12)8-14(21)9-2-1-3-11(6-9)15(18,19)20/h1-7H,8H2. The molecule has 0 bridgehead atoms. The lowest BCUT2D eigenvalue weighted by Crippen LogP contribution is -2.09. The van der Waals surface area contributed by atoms with Crippen molar-refractivity contribution in [2.24, 2.45) is 0 Å². The number of carbonyl (C=O) groups excluding carboxylic acids is 1. The van der Waals surface area contributed by atoms with Crippen LogP contribution in [-0.2, 0) is 12.6 Å². The first kappa shape index (κ1) is 15.2. The van der Waals surface area contributed by atoms with Gasteiger partial charge in [-0.15, -0.1) is 0 Å². The van der Waals surface area contributed by atoms with E-state index >= 15 is 0 Å². The van der Waals surface area contributed by atoms with E-state index in [-0.39, 0.29) is 11.1 Å². The molecule has 0 spiro atoms. The van der Waals surface area contributed by atoms with Crippen molar-refractivity contribution >= 4 is 5.78 Å². The average Bonchev–Trinajstić information content (AvgIpc) is 2.42. The molecular weight excluding hydrogens is 291 g/mol. The van der Waals surface area contributed by atoms with E-state index in [2.05, 4.69) is 0 Å². The number of carbonyl (C=O) groups is 1. The van der Waals surface area contributed by atoms with Gasteiger partial charge in [0.2, 0.25) is 0 Å². The molecule has 0 atom stereocenters. The van der Waals surface area contributed by atoms with Crippen LogP contribution in [0.25, 0.3) is 0 Å². The summed E-state index contributed by atoms with van der Waals surface area (Å²) in [5.74, 6) is -2.22. The Balaban J connectivity index is 2.27. The van der Waals surface area contributed by atoms with Crippen molar-refractivity contribution in [3.05, 3.63) is 70.8 Å². The van der Waals surface area contributed by atoms with Crippen molar-refractivity contribution in [3.63, 3.8) is 0 Å². The Morgan fingerprint density at radius 1 is 1.00 bits per heavy atom. The van der Waals surface area contributed by atoms with Crippen LogP contribution in [0.3, 0.4) is 0 Å². The Bertz CT molecular complexity index is 676. The third-order valence-corrected chi connectivity index (χ3v) is 2.87. The van der Waals surface area contributed by atoms with E-state index < -0.39 is 35.6 Å². The molecule has 2 rings (SSSR count). The van der Waals surface area contributed by atoms with Crippen molar-refractivity contribution < 1.29 is 26.7 Å². The summed E-state index contributed by atoms with van der Waals surface area (Å²) < 4.78 is 64.1. The molecule has 0 saturated carbocycles. The predicted octanol–water partition coefficient (Wildman–Crippen LogP) is 4.41. The van der Waals surface area contributed by atoms with E-state index in [1.165, 1.54) is 6.07 Å². The lowest BCUT2D eigenvalue weighted by molar-refractivity contribution is -0.137. The smallest absolute Gasteiger partial charge is 0.294 e. The maximum Gasteiger partial charge on any atom is 0.416 e. The van der Waals surface area contributed by atoms with Gasteiger partial charge in [0.25, 0.3) is 0 Å². The Hall–Kier alpha value is -2.24. The van der Waals surface area contributed by atoms with Gasteiger partial charge in [0.15, 0.2) is 5.78 Å². The second-order valence-electron chi connectivity index (χ2n) is 4.41. The molecule has 0 amide bonds. The predicted molar refractivity (Wildman–Crippen MR) is 65.8 cm³/mol. The normalized spacial score (nSPS) is 11.5. The van der Waals surface area contributed by atoms with Crippen LogP contribution in [0, 0.1) is 11.6 Å². The minimum absolute atomic E-state index is 0.197. The number of ketones is 1. The summed E-state index contributed by atoms with van der Waals surface area (Å²) in [6, 6.07) is 6.43. The third kappa shape index (κ3) is 3.65. The van der Waals surface area contributed by atoms with E-state index in [9.17, 15) is 26.7 Å². The zero-order valence-electron chi connectivity index (χ0n) is 10.5. The number of hydrogen-bond donors (Lipinski definition) is 0. The summed E-state index contributed by atoms with van der Waals surface area (Å²) in [5.41, 5.74) is -1.36. The van der Waals surface area contributed by atoms with Gasteiger partial charge in [-0.25, -0.2) is 8.78 Å². The Morgan fingerprint density at radius 2 is 1.71 bits per heavy atom. The highest BCUT2D eigenvalue weighted by molar-refractivity contribution is 5.97. The molecule has 2 aromatic carbocycles. The number of hydrogen-bond acceptors (Lipinski definition) is 1. The fraction of sp³-hybridized carbons (Fsp3) is 0.133. The van der Waals surface area contributed by atoms with Crippen molar-refractivity contribution in [2.45, 2.75) is 12.6 Å². The molecule has 0 aliphatic carbocycles. The monoisotopic (exact) mass is 300 g/mol. The zero-order chi connectivity index (χ0) is 15.6. The number of Topliss-reactive ketones (excluding diaryl/α,β-unsaturated/α-hetero) is 1. The van der Waals surface area contributed by atoms with Gasteiger partial charge in [-0.05, 0) is 35.9 Å². The Kier molecular flexibility index (Phi) is 4.06. The van der Waals surface area contributed by atoms with Crippen molar-refractivity contribution in [1.82, 2.24) is 0 Å². The summed E-state index contributed by atoms with van der Waals surface area (Å²) in [7, 11) is 0. The first-order chi connectivity index (χ1) is 9.77. The minimum atomic E-state index is -4.57. The maximum absolute atomic E-state index is 13.4. The summed E-state index contributed by atoms with van der Waals surface area (Å²) in [4.78, 5) is 11.9. The number of alkyl halides is 3. The second-order valence-corrected chi connectivity index (χ2v) is 4.41. The number of rotatable bonds is 3. The quantitative estimate of drug-likeness (QED) is 0.606. The molecule has 2 aromatic rings. The fourth-order valence-corrected chi connectivity index (χ4v) is 1.82. The largest absolute Gasteiger partial charge is 0.416 e. The van der Waals surface area contributed by atoms with Crippen LogP contribution in [0.4, 0.5) is 22.0 Å². The highest BCUT2D eigenvalue weighted by Crippen LogP contribution is 2.29. The van der Waals surface area contributed by atoms with E-state index in [4.69, 9.17) is 0 Å². The molecule has 110 valence electrons.